The minimum absolute atomic E-state index is 0.0566. The number of hydrogen-bond acceptors (Lipinski definition) is 5. The Kier molecular flexibility index (Phi) is 13.3. The molecule has 0 fully saturated rings. The van der Waals surface area contributed by atoms with Crippen LogP contribution in [0.25, 0.3) is 0 Å². The van der Waals surface area contributed by atoms with Crippen molar-refractivity contribution in [2.45, 2.75) is 33.6 Å². The lowest BCUT2D eigenvalue weighted by Gasteiger charge is -2.07. The smallest absolute Gasteiger partial charge is 0.216 e. The number of nitrogens with one attached hydrogen (secondary N) is 1. The van der Waals surface area contributed by atoms with Crippen molar-refractivity contribution in [3.05, 3.63) is 0 Å². The van der Waals surface area contributed by atoms with Gasteiger partial charge in [-0.2, -0.15) is 0 Å². The molecule has 0 aliphatic heterocycles. The van der Waals surface area contributed by atoms with Crippen LogP contribution >= 0.6 is 0 Å². The van der Waals surface area contributed by atoms with E-state index in [4.69, 9.17) is 14.2 Å². The third-order valence-corrected chi connectivity index (χ3v) is 2.53. The van der Waals surface area contributed by atoms with E-state index in [2.05, 4.69) is 5.32 Å². The van der Waals surface area contributed by atoms with Gasteiger partial charge in [-0.25, -0.2) is 0 Å². The lowest BCUT2D eigenvalue weighted by Crippen LogP contribution is -2.25. The average molecular weight is 303 g/mol. The van der Waals surface area contributed by atoms with Gasteiger partial charge in [0.25, 0.3) is 0 Å². The van der Waals surface area contributed by atoms with Gasteiger partial charge in [0.05, 0.1) is 39.6 Å². The van der Waals surface area contributed by atoms with Crippen molar-refractivity contribution in [1.82, 2.24) is 5.32 Å². The Morgan fingerprint density at radius 1 is 0.905 bits per heavy atom. The number of Topliss-reactive ketones (excluding diaryl/α,β-unsaturated/α-hetero) is 1. The van der Waals surface area contributed by atoms with E-state index in [0.29, 0.717) is 64.9 Å². The van der Waals surface area contributed by atoms with Crippen LogP contribution in [0.5, 0.6) is 0 Å². The molecule has 0 atom stereocenters. The zero-order valence-electron chi connectivity index (χ0n) is 13.5. The molecule has 1 amide bonds. The third-order valence-electron chi connectivity index (χ3n) is 2.53. The van der Waals surface area contributed by atoms with Gasteiger partial charge in [-0.05, 0) is 5.92 Å². The van der Waals surface area contributed by atoms with Gasteiger partial charge in [0.2, 0.25) is 5.91 Å². The fourth-order valence-electron chi connectivity index (χ4n) is 1.58. The summed E-state index contributed by atoms with van der Waals surface area (Å²) in [6.07, 6.45) is 1.10. The second-order valence-electron chi connectivity index (χ2n) is 5.21. The highest BCUT2D eigenvalue weighted by Crippen LogP contribution is 2.02. The Morgan fingerprint density at radius 2 is 1.43 bits per heavy atom. The molecule has 0 aromatic rings. The molecule has 6 nitrogen and oxygen atoms in total. The van der Waals surface area contributed by atoms with Gasteiger partial charge in [0, 0.05) is 26.3 Å². The Bertz CT molecular complexity index is 281. The van der Waals surface area contributed by atoms with E-state index in [1.807, 2.05) is 13.8 Å². The number of hydrogen-bond donors (Lipinski definition) is 1. The molecule has 0 aliphatic rings. The van der Waals surface area contributed by atoms with Crippen LogP contribution in [0.1, 0.15) is 33.6 Å². The van der Waals surface area contributed by atoms with E-state index in [0.717, 1.165) is 0 Å². The summed E-state index contributed by atoms with van der Waals surface area (Å²) < 4.78 is 15.9. The Hall–Kier alpha value is -0.980. The second-order valence-corrected chi connectivity index (χ2v) is 5.21. The largest absolute Gasteiger partial charge is 0.379 e. The van der Waals surface area contributed by atoms with Gasteiger partial charge in [-0.1, -0.05) is 13.8 Å². The van der Waals surface area contributed by atoms with Crippen molar-refractivity contribution in [3.63, 3.8) is 0 Å². The van der Waals surface area contributed by atoms with Crippen molar-refractivity contribution < 1.29 is 23.8 Å². The van der Waals surface area contributed by atoms with Crippen LogP contribution in [0, 0.1) is 5.92 Å². The Balaban J connectivity index is 3.12. The standard InChI is InChI=1S/C15H29NO5/c1-13(2)12-15(18)4-6-19-8-10-21-11-9-20-7-5-16-14(3)17/h13H,4-12H2,1-3H3,(H,16,17). The maximum absolute atomic E-state index is 11.4. The molecule has 0 heterocycles. The molecule has 0 rings (SSSR count). The van der Waals surface area contributed by atoms with E-state index in [-0.39, 0.29) is 11.7 Å². The van der Waals surface area contributed by atoms with Crippen molar-refractivity contribution in [2.75, 3.05) is 46.2 Å². The maximum Gasteiger partial charge on any atom is 0.216 e. The van der Waals surface area contributed by atoms with Crippen molar-refractivity contribution in [3.8, 4) is 0 Å². The minimum atomic E-state index is -0.0566. The van der Waals surface area contributed by atoms with Gasteiger partial charge in [-0.15, -0.1) is 0 Å². The van der Waals surface area contributed by atoms with E-state index in [1.54, 1.807) is 0 Å². The van der Waals surface area contributed by atoms with Gasteiger partial charge < -0.3 is 19.5 Å². The molecule has 124 valence electrons. The molecule has 0 bridgehead atoms. The fraction of sp³-hybridized carbons (Fsp3) is 0.867. The summed E-state index contributed by atoms with van der Waals surface area (Å²) in [7, 11) is 0. The molecule has 0 radical (unpaired) electrons. The van der Waals surface area contributed by atoms with Gasteiger partial charge in [-0.3, -0.25) is 9.59 Å². The summed E-state index contributed by atoms with van der Waals surface area (Å²) >= 11 is 0. The first-order valence-electron chi connectivity index (χ1n) is 7.51. The molecule has 21 heavy (non-hydrogen) atoms. The molecule has 0 saturated heterocycles. The molecule has 0 aromatic heterocycles. The van der Waals surface area contributed by atoms with Gasteiger partial charge >= 0.3 is 0 Å². The first-order valence-corrected chi connectivity index (χ1v) is 7.51. The Labute approximate surface area is 127 Å². The molecule has 0 unspecified atom stereocenters. The highest BCUT2D eigenvalue weighted by Gasteiger charge is 2.04. The van der Waals surface area contributed by atoms with Crippen LogP contribution in [0.15, 0.2) is 0 Å². The summed E-state index contributed by atoms with van der Waals surface area (Å²) in [6.45, 7) is 8.97. The highest BCUT2D eigenvalue weighted by molar-refractivity contribution is 5.78. The first kappa shape index (κ1) is 20.0. The lowest BCUT2D eigenvalue weighted by molar-refractivity contribution is -0.121. The monoisotopic (exact) mass is 303 g/mol. The summed E-state index contributed by atoms with van der Waals surface area (Å²) in [4.78, 5) is 22.0. The number of rotatable bonds is 14. The lowest BCUT2D eigenvalue weighted by atomic mass is 10.1. The first-order chi connectivity index (χ1) is 10.0. The number of carbonyl (C=O) groups is 2. The van der Waals surface area contributed by atoms with Crippen LogP contribution in [-0.2, 0) is 23.8 Å². The van der Waals surface area contributed by atoms with Crippen LogP contribution in [0.3, 0.4) is 0 Å². The van der Waals surface area contributed by atoms with Crippen LogP contribution < -0.4 is 5.32 Å². The van der Waals surface area contributed by atoms with Crippen LogP contribution in [0.4, 0.5) is 0 Å². The summed E-state index contributed by atoms with van der Waals surface area (Å²) in [5.41, 5.74) is 0. The number of amides is 1. The molecule has 0 saturated carbocycles. The third kappa shape index (κ3) is 17.0. The number of carbonyl (C=O) groups excluding carboxylic acids is 2. The Morgan fingerprint density at radius 3 is 1.95 bits per heavy atom. The summed E-state index contributed by atoms with van der Waals surface area (Å²) in [6, 6.07) is 0. The van der Waals surface area contributed by atoms with Gasteiger partial charge in [0.1, 0.15) is 5.78 Å². The minimum Gasteiger partial charge on any atom is -0.379 e. The van der Waals surface area contributed by atoms with Crippen molar-refractivity contribution >= 4 is 11.7 Å². The van der Waals surface area contributed by atoms with Crippen molar-refractivity contribution in [2.24, 2.45) is 5.92 Å². The quantitative estimate of drug-likeness (QED) is 0.488. The average Bonchev–Trinajstić information content (AvgIpc) is 2.38. The summed E-state index contributed by atoms with van der Waals surface area (Å²) in [5.74, 6) is 0.601. The topological polar surface area (TPSA) is 73.9 Å². The zero-order chi connectivity index (χ0) is 15.9. The number of ether oxygens (including phenoxy) is 3. The summed E-state index contributed by atoms with van der Waals surface area (Å²) in [5, 5.41) is 2.64. The van der Waals surface area contributed by atoms with Gasteiger partial charge in [0.15, 0.2) is 0 Å². The zero-order valence-corrected chi connectivity index (χ0v) is 13.5. The SMILES string of the molecule is CC(=O)NCCOCCOCCOCCC(=O)CC(C)C. The van der Waals surface area contributed by atoms with Crippen molar-refractivity contribution in [1.29, 1.82) is 0 Å². The molecule has 0 aromatic carbocycles. The van der Waals surface area contributed by atoms with E-state index in [9.17, 15) is 9.59 Å². The molecule has 0 spiro atoms. The maximum atomic E-state index is 11.4. The molecule has 1 N–H and O–H groups in total. The highest BCUT2D eigenvalue weighted by atomic mass is 16.5. The molecule has 0 aliphatic carbocycles. The fourth-order valence-corrected chi connectivity index (χ4v) is 1.58. The van der Waals surface area contributed by atoms with E-state index >= 15 is 0 Å². The predicted octanol–water partition coefficient (Wildman–Crippen LogP) is 1.18. The molecule has 6 heteroatoms. The molecular weight excluding hydrogens is 274 g/mol. The van der Waals surface area contributed by atoms with Crippen LogP contribution in [0.2, 0.25) is 0 Å². The molecular formula is C15H29NO5. The van der Waals surface area contributed by atoms with E-state index < -0.39 is 0 Å². The van der Waals surface area contributed by atoms with E-state index in [1.165, 1.54) is 6.92 Å². The predicted molar refractivity (Wildman–Crippen MR) is 80.2 cm³/mol. The second kappa shape index (κ2) is 14.0. The number of ketones is 1. The van der Waals surface area contributed by atoms with Crippen LogP contribution in [-0.4, -0.2) is 57.9 Å². The normalized spacial score (nSPS) is 10.9.